The molecule has 1 aromatic carbocycles. The van der Waals surface area contributed by atoms with Crippen molar-refractivity contribution in [2.75, 3.05) is 6.61 Å². The van der Waals surface area contributed by atoms with Crippen molar-refractivity contribution in [3.8, 4) is 0 Å². The number of carbonyl (C=O) groups is 2. The molecule has 0 amide bonds. The lowest BCUT2D eigenvalue weighted by atomic mass is 9.68. The molecule has 1 unspecified atom stereocenters. The van der Waals surface area contributed by atoms with E-state index >= 15 is 0 Å². The number of Topliss-reactive ketones (excluding diaryl/α,β-unsaturated/α-hetero) is 1. The number of nitrogens with one attached hydrogen (secondary N) is 1. The molecule has 3 rings (SSSR count). The number of rotatable bonds is 3. The Balaban J connectivity index is 2.21. The number of halogens is 1. The molecule has 138 valence electrons. The molecule has 1 aliphatic heterocycles. The average molecular weight is 374 g/mol. The zero-order valence-corrected chi connectivity index (χ0v) is 16.4. The zero-order chi connectivity index (χ0) is 19.1. The van der Waals surface area contributed by atoms with Crippen LogP contribution in [0, 0.1) is 5.41 Å². The lowest BCUT2D eigenvalue weighted by Gasteiger charge is -2.39. The van der Waals surface area contributed by atoms with Gasteiger partial charge in [-0.15, -0.1) is 0 Å². The number of benzene rings is 1. The third-order valence-electron chi connectivity index (χ3n) is 4.95. The Hall–Kier alpha value is -2.07. The number of ketones is 1. The van der Waals surface area contributed by atoms with Gasteiger partial charge in [0.2, 0.25) is 0 Å². The molecule has 1 N–H and O–H groups in total. The van der Waals surface area contributed by atoms with E-state index in [9.17, 15) is 9.59 Å². The minimum atomic E-state index is -0.498. The van der Waals surface area contributed by atoms with Crippen LogP contribution < -0.4 is 5.32 Å². The fraction of sp³-hybridized carbons (Fsp3) is 0.429. The van der Waals surface area contributed by atoms with E-state index < -0.39 is 11.9 Å². The molecule has 0 saturated carbocycles. The molecule has 1 heterocycles. The third-order valence-corrected chi connectivity index (χ3v) is 5.30. The topological polar surface area (TPSA) is 55.4 Å². The second-order valence-electron chi connectivity index (χ2n) is 7.67. The SMILES string of the molecule is CCOC(=O)C1=C(C)NC2=C(C(=O)CC(C)(C)C2)C1c1ccccc1Cl. The quantitative estimate of drug-likeness (QED) is 0.792. The molecule has 0 fully saturated rings. The molecular formula is C21H24ClNO3. The standard InChI is InChI=1S/C21H24ClNO3/c1-5-26-20(25)17-12(2)23-15-10-21(3,4)11-16(24)19(15)18(17)13-8-6-7-9-14(13)22/h6-9,18,23H,5,10-11H2,1-4H3. The predicted octanol–water partition coefficient (Wildman–Crippen LogP) is 4.51. The van der Waals surface area contributed by atoms with Crippen molar-refractivity contribution in [1.82, 2.24) is 5.32 Å². The number of ether oxygens (including phenoxy) is 1. The van der Waals surface area contributed by atoms with Crippen LogP contribution in [-0.2, 0) is 14.3 Å². The van der Waals surface area contributed by atoms with Crippen molar-refractivity contribution in [2.45, 2.75) is 46.5 Å². The van der Waals surface area contributed by atoms with E-state index in [1.54, 1.807) is 13.0 Å². The van der Waals surface area contributed by atoms with Gasteiger partial charge in [0.15, 0.2) is 5.78 Å². The largest absolute Gasteiger partial charge is 0.463 e. The number of hydrogen-bond donors (Lipinski definition) is 1. The van der Waals surface area contributed by atoms with Crippen molar-refractivity contribution in [3.63, 3.8) is 0 Å². The normalized spacial score (nSPS) is 22.0. The fourth-order valence-corrected chi connectivity index (χ4v) is 4.18. The van der Waals surface area contributed by atoms with E-state index in [4.69, 9.17) is 16.3 Å². The first-order valence-electron chi connectivity index (χ1n) is 8.90. The highest BCUT2D eigenvalue weighted by Crippen LogP contribution is 2.47. The van der Waals surface area contributed by atoms with Gasteiger partial charge in [-0.2, -0.15) is 0 Å². The van der Waals surface area contributed by atoms with E-state index in [1.807, 2.05) is 25.1 Å². The van der Waals surface area contributed by atoms with Crippen LogP contribution >= 0.6 is 11.6 Å². The molecule has 5 heteroatoms. The monoisotopic (exact) mass is 373 g/mol. The van der Waals surface area contributed by atoms with Crippen LogP contribution in [0.1, 0.15) is 52.0 Å². The fourth-order valence-electron chi connectivity index (χ4n) is 3.94. The van der Waals surface area contributed by atoms with Crippen molar-refractivity contribution in [2.24, 2.45) is 5.41 Å². The first-order valence-corrected chi connectivity index (χ1v) is 9.28. The van der Waals surface area contributed by atoms with Gasteiger partial charge >= 0.3 is 5.97 Å². The van der Waals surface area contributed by atoms with Gasteiger partial charge in [0.25, 0.3) is 0 Å². The van der Waals surface area contributed by atoms with Crippen LogP contribution in [0.4, 0.5) is 0 Å². The lowest BCUT2D eigenvalue weighted by Crippen LogP contribution is -2.38. The van der Waals surface area contributed by atoms with Gasteiger partial charge in [0, 0.05) is 34.3 Å². The van der Waals surface area contributed by atoms with E-state index in [2.05, 4.69) is 19.2 Å². The first kappa shape index (κ1) is 18.7. The summed E-state index contributed by atoms with van der Waals surface area (Å²) in [5.74, 6) is -0.850. The maximum Gasteiger partial charge on any atom is 0.336 e. The van der Waals surface area contributed by atoms with Crippen LogP contribution in [0.25, 0.3) is 0 Å². The van der Waals surface area contributed by atoms with Crippen molar-refractivity contribution in [1.29, 1.82) is 0 Å². The maximum atomic E-state index is 13.1. The Kier molecular flexibility index (Phi) is 4.98. The van der Waals surface area contributed by atoms with Crippen LogP contribution in [0.3, 0.4) is 0 Å². The summed E-state index contributed by atoms with van der Waals surface area (Å²) in [5, 5.41) is 3.85. The predicted molar refractivity (Wildman–Crippen MR) is 102 cm³/mol. The molecular weight excluding hydrogens is 350 g/mol. The number of esters is 1. The number of hydrogen-bond acceptors (Lipinski definition) is 4. The highest BCUT2D eigenvalue weighted by molar-refractivity contribution is 6.31. The molecule has 1 atom stereocenters. The number of carbonyl (C=O) groups excluding carboxylic acids is 2. The smallest absolute Gasteiger partial charge is 0.336 e. The van der Waals surface area contributed by atoms with Crippen LogP contribution in [0.15, 0.2) is 46.8 Å². The molecule has 0 aromatic heterocycles. The molecule has 1 aliphatic carbocycles. The van der Waals surface area contributed by atoms with Gasteiger partial charge in [-0.1, -0.05) is 43.6 Å². The van der Waals surface area contributed by atoms with Crippen molar-refractivity contribution < 1.29 is 14.3 Å². The number of allylic oxidation sites excluding steroid dienone is 3. The van der Waals surface area contributed by atoms with E-state index in [-0.39, 0.29) is 17.8 Å². The van der Waals surface area contributed by atoms with Gasteiger partial charge in [0.1, 0.15) is 0 Å². The van der Waals surface area contributed by atoms with Gasteiger partial charge in [-0.05, 0) is 37.3 Å². The van der Waals surface area contributed by atoms with E-state index in [0.717, 1.165) is 23.4 Å². The second kappa shape index (κ2) is 6.92. The van der Waals surface area contributed by atoms with Gasteiger partial charge in [-0.3, -0.25) is 4.79 Å². The third kappa shape index (κ3) is 3.30. The highest BCUT2D eigenvalue weighted by atomic mass is 35.5. The molecule has 4 nitrogen and oxygen atoms in total. The first-order chi connectivity index (χ1) is 12.2. The molecule has 26 heavy (non-hydrogen) atoms. The number of dihydropyridines is 1. The minimum Gasteiger partial charge on any atom is -0.463 e. The summed E-state index contributed by atoms with van der Waals surface area (Å²) < 4.78 is 5.29. The summed E-state index contributed by atoms with van der Waals surface area (Å²) >= 11 is 6.46. The van der Waals surface area contributed by atoms with Crippen LogP contribution in [0.5, 0.6) is 0 Å². The van der Waals surface area contributed by atoms with E-state index in [1.165, 1.54) is 0 Å². The highest BCUT2D eigenvalue weighted by Gasteiger charge is 2.43. The lowest BCUT2D eigenvalue weighted by molar-refractivity contribution is -0.138. The molecule has 2 aliphatic rings. The second-order valence-corrected chi connectivity index (χ2v) is 8.08. The minimum absolute atomic E-state index is 0.0583. The summed E-state index contributed by atoms with van der Waals surface area (Å²) in [5.41, 5.74) is 3.37. The summed E-state index contributed by atoms with van der Waals surface area (Å²) in [6.07, 6.45) is 1.20. The molecule has 0 radical (unpaired) electrons. The molecule has 0 bridgehead atoms. The van der Waals surface area contributed by atoms with Crippen LogP contribution in [-0.4, -0.2) is 18.4 Å². The van der Waals surface area contributed by atoms with Gasteiger partial charge in [-0.25, -0.2) is 4.79 Å². The Morgan fingerprint density at radius 1 is 1.31 bits per heavy atom. The van der Waals surface area contributed by atoms with Crippen molar-refractivity contribution in [3.05, 3.63) is 57.4 Å². The Labute approximate surface area is 159 Å². The molecule has 0 saturated heterocycles. The average Bonchev–Trinajstić information content (AvgIpc) is 2.53. The molecule has 0 spiro atoms. The van der Waals surface area contributed by atoms with Gasteiger partial charge < -0.3 is 10.1 Å². The van der Waals surface area contributed by atoms with Gasteiger partial charge in [0.05, 0.1) is 12.2 Å². The summed E-state index contributed by atoms with van der Waals surface area (Å²) in [6.45, 7) is 8.07. The molecule has 1 aromatic rings. The summed E-state index contributed by atoms with van der Waals surface area (Å²) in [4.78, 5) is 25.8. The zero-order valence-electron chi connectivity index (χ0n) is 15.6. The Morgan fingerprint density at radius 2 is 2.00 bits per heavy atom. The van der Waals surface area contributed by atoms with E-state index in [0.29, 0.717) is 22.6 Å². The summed E-state index contributed by atoms with van der Waals surface area (Å²) in [7, 11) is 0. The Bertz CT molecular complexity index is 835. The summed E-state index contributed by atoms with van der Waals surface area (Å²) in [6, 6.07) is 7.38. The maximum absolute atomic E-state index is 13.1. The Morgan fingerprint density at radius 3 is 2.65 bits per heavy atom. The van der Waals surface area contributed by atoms with Crippen molar-refractivity contribution >= 4 is 23.4 Å². The van der Waals surface area contributed by atoms with Crippen LogP contribution in [0.2, 0.25) is 5.02 Å².